The number of esters is 1. The van der Waals surface area contributed by atoms with Crippen LogP contribution in [0.2, 0.25) is 0 Å². The van der Waals surface area contributed by atoms with Gasteiger partial charge in [-0.2, -0.15) is 0 Å². The molecule has 4 nitrogen and oxygen atoms in total. The molecule has 0 bridgehead atoms. The largest absolute Gasteiger partial charge is 0.464 e. The highest BCUT2D eigenvalue weighted by Gasteiger charge is 2.17. The molecule has 0 unspecified atom stereocenters. The van der Waals surface area contributed by atoms with E-state index in [0.29, 0.717) is 17.9 Å². The number of H-pyrrole nitrogens is 1. The Morgan fingerprint density at radius 2 is 2.06 bits per heavy atom. The minimum atomic E-state index is -0.403. The van der Waals surface area contributed by atoms with Crippen LogP contribution in [0.3, 0.4) is 0 Å². The number of aryl methyl sites for hydroxylation is 1. The third kappa shape index (κ3) is 2.20. The van der Waals surface area contributed by atoms with Crippen molar-refractivity contribution in [2.24, 2.45) is 0 Å². The summed E-state index contributed by atoms with van der Waals surface area (Å²) in [7, 11) is 1.36. The molecule has 0 aliphatic heterocycles. The highest BCUT2D eigenvalue weighted by molar-refractivity contribution is 5.89. The average molecular weight is 230 g/mol. The molecular weight excluding hydrogens is 216 g/mol. The number of carbonyl (C=O) groups excluding carboxylic acids is 1. The molecule has 1 heterocycles. The molecule has 1 aromatic carbocycles. The second-order valence-electron chi connectivity index (χ2n) is 3.62. The number of aromatic amines is 1. The molecule has 0 saturated carbocycles. The fraction of sp³-hybridized carbons (Fsp3) is 0.231. The maximum Gasteiger partial charge on any atom is 0.358 e. The van der Waals surface area contributed by atoms with Gasteiger partial charge in [0.25, 0.3) is 0 Å². The molecule has 88 valence electrons. The zero-order valence-electron chi connectivity index (χ0n) is 9.86. The van der Waals surface area contributed by atoms with Crippen molar-refractivity contribution in [3.8, 4) is 11.4 Å². The molecule has 2 rings (SSSR count). The van der Waals surface area contributed by atoms with Crippen LogP contribution >= 0.6 is 0 Å². The lowest BCUT2D eigenvalue weighted by Crippen LogP contribution is -2.04. The lowest BCUT2D eigenvalue weighted by atomic mass is 10.2. The van der Waals surface area contributed by atoms with E-state index in [1.807, 2.05) is 37.3 Å². The highest BCUT2D eigenvalue weighted by Crippen LogP contribution is 2.18. The molecule has 1 aromatic heterocycles. The Kier molecular flexibility index (Phi) is 3.23. The van der Waals surface area contributed by atoms with Crippen LogP contribution in [0.25, 0.3) is 11.4 Å². The molecule has 2 aromatic rings. The maximum atomic E-state index is 11.5. The number of aromatic nitrogens is 2. The predicted octanol–water partition coefficient (Wildman–Crippen LogP) is 2.43. The Morgan fingerprint density at radius 3 is 2.65 bits per heavy atom. The topological polar surface area (TPSA) is 55.0 Å². The fourth-order valence-corrected chi connectivity index (χ4v) is 1.66. The third-order valence-corrected chi connectivity index (χ3v) is 2.56. The number of rotatable bonds is 3. The molecule has 4 heteroatoms. The zero-order chi connectivity index (χ0) is 12.3. The second kappa shape index (κ2) is 4.82. The summed E-state index contributed by atoms with van der Waals surface area (Å²) in [5.41, 5.74) is 2.13. The number of methoxy groups -OCH3 is 1. The normalized spacial score (nSPS) is 10.2. The van der Waals surface area contributed by atoms with Crippen molar-refractivity contribution >= 4 is 5.97 Å². The van der Waals surface area contributed by atoms with Gasteiger partial charge in [0.1, 0.15) is 5.82 Å². The van der Waals surface area contributed by atoms with Gasteiger partial charge >= 0.3 is 5.97 Å². The summed E-state index contributed by atoms with van der Waals surface area (Å²) in [5, 5.41) is 0. The predicted molar refractivity (Wildman–Crippen MR) is 64.7 cm³/mol. The van der Waals surface area contributed by atoms with Gasteiger partial charge in [0.2, 0.25) is 0 Å². The quantitative estimate of drug-likeness (QED) is 0.824. The SMILES string of the molecule is CCc1[nH]c(-c2ccccc2)nc1C(=O)OC. The number of carbonyl (C=O) groups is 1. The standard InChI is InChI=1S/C13H14N2O2/c1-3-10-11(13(16)17-2)15-12(14-10)9-7-5-4-6-8-9/h4-8H,3H2,1-2H3,(H,14,15). The summed E-state index contributed by atoms with van der Waals surface area (Å²) in [6, 6.07) is 9.69. The summed E-state index contributed by atoms with van der Waals surface area (Å²) in [6.45, 7) is 1.97. The van der Waals surface area contributed by atoms with Crippen LogP contribution in [0.4, 0.5) is 0 Å². The lowest BCUT2D eigenvalue weighted by Gasteiger charge is -1.95. The summed E-state index contributed by atoms with van der Waals surface area (Å²) < 4.78 is 4.71. The van der Waals surface area contributed by atoms with Crippen LogP contribution in [0.1, 0.15) is 23.1 Å². The number of hydrogen-bond acceptors (Lipinski definition) is 3. The van der Waals surface area contributed by atoms with Gasteiger partial charge in [-0.1, -0.05) is 37.3 Å². The Bertz CT molecular complexity index is 517. The van der Waals surface area contributed by atoms with Crippen LogP contribution < -0.4 is 0 Å². The number of ether oxygens (including phenoxy) is 1. The average Bonchev–Trinajstić information content (AvgIpc) is 2.83. The Hall–Kier alpha value is -2.10. The fourth-order valence-electron chi connectivity index (χ4n) is 1.66. The van der Waals surface area contributed by atoms with Gasteiger partial charge in [-0.05, 0) is 6.42 Å². The molecular formula is C13H14N2O2. The van der Waals surface area contributed by atoms with E-state index in [9.17, 15) is 4.79 Å². The van der Waals surface area contributed by atoms with E-state index < -0.39 is 5.97 Å². The number of hydrogen-bond donors (Lipinski definition) is 1. The van der Waals surface area contributed by atoms with E-state index in [4.69, 9.17) is 4.74 Å². The Morgan fingerprint density at radius 1 is 1.35 bits per heavy atom. The zero-order valence-corrected chi connectivity index (χ0v) is 9.86. The molecule has 0 amide bonds. The Labute approximate surface area is 99.7 Å². The van der Waals surface area contributed by atoms with E-state index in [0.717, 1.165) is 11.3 Å². The number of imidazole rings is 1. The summed E-state index contributed by atoms with van der Waals surface area (Å²) >= 11 is 0. The monoisotopic (exact) mass is 230 g/mol. The molecule has 0 aliphatic rings. The van der Waals surface area contributed by atoms with Crippen molar-refractivity contribution in [3.63, 3.8) is 0 Å². The van der Waals surface area contributed by atoms with Crippen molar-refractivity contribution < 1.29 is 9.53 Å². The van der Waals surface area contributed by atoms with E-state index >= 15 is 0 Å². The van der Waals surface area contributed by atoms with Crippen molar-refractivity contribution in [2.75, 3.05) is 7.11 Å². The van der Waals surface area contributed by atoms with Crippen LogP contribution in [-0.2, 0) is 11.2 Å². The van der Waals surface area contributed by atoms with Gasteiger partial charge in [-0.15, -0.1) is 0 Å². The van der Waals surface area contributed by atoms with Gasteiger partial charge in [-0.3, -0.25) is 0 Å². The molecule has 1 N–H and O–H groups in total. The Balaban J connectivity index is 2.45. The van der Waals surface area contributed by atoms with Gasteiger partial charge in [0, 0.05) is 11.3 Å². The number of benzene rings is 1. The first-order valence-corrected chi connectivity index (χ1v) is 5.49. The van der Waals surface area contributed by atoms with E-state index in [-0.39, 0.29) is 0 Å². The van der Waals surface area contributed by atoms with Gasteiger partial charge in [0.15, 0.2) is 5.69 Å². The van der Waals surface area contributed by atoms with Crippen molar-refractivity contribution in [2.45, 2.75) is 13.3 Å². The molecule has 0 saturated heterocycles. The van der Waals surface area contributed by atoms with E-state index in [1.165, 1.54) is 7.11 Å². The summed E-state index contributed by atoms with van der Waals surface area (Å²) in [4.78, 5) is 19.0. The van der Waals surface area contributed by atoms with Crippen LogP contribution in [0.15, 0.2) is 30.3 Å². The van der Waals surface area contributed by atoms with Crippen LogP contribution in [0.5, 0.6) is 0 Å². The van der Waals surface area contributed by atoms with Crippen molar-refractivity contribution in [3.05, 3.63) is 41.7 Å². The minimum Gasteiger partial charge on any atom is -0.464 e. The molecule has 0 spiro atoms. The van der Waals surface area contributed by atoms with E-state index in [1.54, 1.807) is 0 Å². The maximum absolute atomic E-state index is 11.5. The van der Waals surface area contributed by atoms with Crippen LogP contribution in [0, 0.1) is 0 Å². The van der Waals surface area contributed by atoms with Crippen molar-refractivity contribution in [1.82, 2.24) is 9.97 Å². The van der Waals surface area contributed by atoms with Crippen LogP contribution in [-0.4, -0.2) is 23.0 Å². The molecule has 0 atom stereocenters. The van der Waals surface area contributed by atoms with Gasteiger partial charge < -0.3 is 9.72 Å². The number of nitrogens with one attached hydrogen (secondary N) is 1. The smallest absolute Gasteiger partial charge is 0.358 e. The first-order valence-electron chi connectivity index (χ1n) is 5.49. The molecule has 17 heavy (non-hydrogen) atoms. The van der Waals surface area contributed by atoms with Gasteiger partial charge in [-0.25, -0.2) is 9.78 Å². The first-order chi connectivity index (χ1) is 8.26. The minimum absolute atomic E-state index is 0.369. The second-order valence-corrected chi connectivity index (χ2v) is 3.62. The van der Waals surface area contributed by atoms with Gasteiger partial charge in [0.05, 0.1) is 7.11 Å². The highest BCUT2D eigenvalue weighted by atomic mass is 16.5. The molecule has 0 radical (unpaired) electrons. The van der Waals surface area contributed by atoms with E-state index in [2.05, 4.69) is 9.97 Å². The molecule has 0 aliphatic carbocycles. The van der Waals surface area contributed by atoms with Crippen molar-refractivity contribution in [1.29, 1.82) is 0 Å². The molecule has 0 fully saturated rings. The lowest BCUT2D eigenvalue weighted by molar-refractivity contribution is 0.0593. The summed E-state index contributed by atoms with van der Waals surface area (Å²) in [6.07, 6.45) is 0.713. The first kappa shape index (κ1) is 11.4. The third-order valence-electron chi connectivity index (χ3n) is 2.56. The summed E-state index contributed by atoms with van der Waals surface area (Å²) in [5.74, 6) is 0.295. The number of nitrogens with zero attached hydrogens (tertiary/aromatic N) is 1.